The zero-order chi connectivity index (χ0) is 67.0. The summed E-state index contributed by atoms with van der Waals surface area (Å²) in [6.07, 6.45) is 0. The molecule has 0 amide bonds. The van der Waals surface area contributed by atoms with E-state index in [1.807, 2.05) is 0 Å². The maximum absolute atomic E-state index is 2.52. The molecule has 6 heterocycles. The molecule has 20 rings (SSSR count). The molecule has 6 heteroatoms. The minimum absolute atomic E-state index is 0.0337. The van der Waals surface area contributed by atoms with Gasteiger partial charge in [-0.3, -0.25) is 0 Å². The quantitative estimate of drug-likeness (QED) is 0.138. The summed E-state index contributed by atoms with van der Waals surface area (Å²) in [6, 6.07) is 112. The summed E-state index contributed by atoms with van der Waals surface area (Å²) in [6.45, 7) is 16.1. The van der Waals surface area contributed by atoms with Crippen molar-refractivity contribution >= 4 is 131 Å². The maximum Gasteiger partial charge on any atom is 0.0547 e. The molecule has 6 nitrogen and oxygen atoms in total. The molecule has 6 aromatic heterocycles. The number of rotatable bonds is 9. The predicted molar refractivity (Wildman–Crippen MR) is 425 cm³/mol. The number of aromatic nitrogens is 6. The van der Waals surface area contributed by atoms with Gasteiger partial charge in [0.25, 0.3) is 0 Å². The Bertz CT molecular complexity index is 6680. The second kappa shape index (κ2) is 21.7. The monoisotopic (exact) mass is 1280 g/mol. The van der Waals surface area contributed by atoms with Crippen molar-refractivity contribution in [2.24, 2.45) is 0 Å². The molecule has 14 aromatic carbocycles. The average molecular weight is 1290 g/mol. The lowest BCUT2D eigenvalue weighted by atomic mass is 9.87. The standard InChI is InChI=1S/C94H72N6/c1-57(2)61-48-62(58(3)4)50-69(49-61)100-91-46-39-66(97-84-28-16-10-22-72(84)73-23-11-17-29-85(73)97)54-80(91)81-55-67(40-47-92(81)100)98-87-31-19-13-25-75(87)77-51-59(33-43-88(77)98)60-32-42-76-74-24-12-18-30-86(74)99(93(76)52-60)68-41-45-90-79(56-68)78-53-65(96-82-26-14-8-20-70(82)71-21-9-15-27-83(71)96)38-44-89(78)95(90)64-36-34-63(35-37-64)94(5,6)7/h8-58H,1-7H3. The van der Waals surface area contributed by atoms with Crippen LogP contribution in [0.5, 0.6) is 0 Å². The van der Waals surface area contributed by atoms with Gasteiger partial charge in [-0.1, -0.05) is 194 Å². The molecule has 0 atom stereocenters. The van der Waals surface area contributed by atoms with Crippen molar-refractivity contribution in [3.63, 3.8) is 0 Å². The minimum Gasteiger partial charge on any atom is -0.309 e. The largest absolute Gasteiger partial charge is 0.309 e. The number of nitrogens with zero attached hydrogens (tertiary/aromatic N) is 6. The highest BCUT2D eigenvalue weighted by Gasteiger charge is 2.24. The Kier molecular flexibility index (Phi) is 12.6. The van der Waals surface area contributed by atoms with Crippen LogP contribution in [0.25, 0.3) is 176 Å². The third-order valence-electron chi connectivity index (χ3n) is 21.9. The summed E-state index contributed by atoms with van der Waals surface area (Å²) >= 11 is 0. The fourth-order valence-electron chi connectivity index (χ4n) is 16.9. The van der Waals surface area contributed by atoms with E-state index in [0.717, 1.165) is 39.5 Å². The summed E-state index contributed by atoms with van der Waals surface area (Å²) in [5.41, 5.74) is 27.4. The molecule has 0 N–H and O–H groups in total. The van der Waals surface area contributed by atoms with Gasteiger partial charge in [0, 0.05) is 98.8 Å². The van der Waals surface area contributed by atoms with Crippen molar-refractivity contribution in [2.45, 2.75) is 65.7 Å². The van der Waals surface area contributed by atoms with Crippen LogP contribution in [0.4, 0.5) is 0 Å². The molecule has 0 aliphatic heterocycles. The van der Waals surface area contributed by atoms with Crippen LogP contribution in [0.2, 0.25) is 0 Å². The zero-order valence-corrected chi connectivity index (χ0v) is 57.1. The molecule has 0 saturated carbocycles. The van der Waals surface area contributed by atoms with E-state index in [9.17, 15) is 0 Å². The van der Waals surface area contributed by atoms with Crippen LogP contribution < -0.4 is 0 Å². The van der Waals surface area contributed by atoms with Crippen LogP contribution in [0.15, 0.2) is 297 Å². The fourth-order valence-corrected chi connectivity index (χ4v) is 16.9. The molecule has 0 aliphatic rings. The normalized spacial score (nSPS) is 12.5. The van der Waals surface area contributed by atoms with Crippen molar-refractivity contribution in [3.8, 4) is 45.3 Å². The number of hydrogen-bond donors (Lipinski definition) is 0. The van der Waals surface area contributed by atoms with Crippen molar-refractivity contribution in [2.75, 3.05) is 0 Å². The van der Waals surface area contributed by atoms with Crippen LogP contribution >= 0.6 is 0 Å². The first-order valence-corrected chi connectivity index (χ1v) is 35.4. The topological polar surface area (TPSA) is 29.6 Å². The molecular weight excluding hydrogens is 1210 g/mol. The number of hydrogen-bond acceptors (Lipinski definition) is 0. The lowest BCUT2D eigenvalue weighted by molar-refractivity contribution is 0.590. The highest BCUT2D eigenvalue weighted by Crippen LogP contribution is 2.45. The first-order chi connectivity index (χ1) is 48.9. The second-order valence-electron chi connectivity index (χ2n) is 29.3. The molecule has 0 aliphatic carbocycles. The van der Waals surface area contributed by atoms with Crippen LogP contribution in [-0.4, -0.2) is 27.4 Å². The lowest BCUT2D eigenvalue weighted by Gasteiger charge is -2.19. The van der Waals surface area contributed by atoms with Crippen molar-refractivity contribution in [1.29, 1.82) is 0 Å². The van der Waals surface area contributed by atoms with Gasteiger partial charge in [0.15, 0.2) is 0 Å². The Morgan fingerprint density at radius 1 is 0.200 bits per heavy atom. The molecule has 20 aromatic rings. The van der Waals surface area contributed by atoms with Crippen molar-refractivity contribution in [1.82, 2.24) is 27.4 Å². The van der Waals surface area contributed by atoms with Crippen LogP contribution in [-0.2, 0) is 5.41 Å². The molecule has 0 spiro atoms. The second-order valence-corrected chi connectivity index (χ2v) is 29.3. The van der Waals surface area contributed by atoms with Gasteiger partial charge in [-0.2, -0.15) is 0 Å². The summed E-state index contributed by atoms with van der Waals surface area (Å²) in [5.74, 6) is 0.758. The van der Waals surface area contributed by atoms with Gasteiger partial charge < -0.3 is 27.4 Å². The fraction of sp³-hybridized carbons (Fsp3) is 0.106. The minimum atomic E-state index is 0.0337. The summed E-state index contributed by atoms with van der Waals surface area (Å²) in [7, 11) is 0. The van der Waals surface area contributed by atoms with E-state index in [2.05, 4.69) is 373 Å². The summed E-state index contributed by atoms with van der Waals surface area (Å²) in [5, 5.41) is 14.7. The molecule has 0 saturated heterocycles. The molecule has 100 heavy (non-hydrogen) atoms. The first-order valence-electron chi connectivity index (χ1n) is 35.4. The van der Waals surface area contributed by atoms with Gasteiger partial charge in [0.05, 0.1) is 66.2 Å². The van der Waals surface area contributed by atoms with Gasteiger partial charge >= 0.3 is 0 Å². The SMILES string of the molecule is CC(C)c1cc(C(C)C)cc(-n2c3ccc(-n4c5ccccc5c5ccccc54)cc3c3cc(-n4c5ccccc5c5cc(-c6ccc7c8ccccc8n(-c8ccc9c(c8)c8cc(-n%10c%11ccccc%11c%11ccccc%11%10)ccc8n9-c8ccc(C(C)(C)C)cc8)c7c6)ccc54)ccc32)c1. The Morgan fingerprint density at radius 3 is 0.820 bits per heavy atom. The van der Waals surface area contributed by atoms with Gasteiger partial charge in [0.1, 0.15) is 0 Å². The molecule has 0 unspecified atom stereocenters. The van der Waals surface area contributed by atoms with E-state index in [-0.39, 0.29) is 5.41 Å². The smallest absolute Gasteiger partial charge is 0.0547 e. The molecule has 478 valence electrons. The van der Waals surface area contributed by atoms with Gasteiger partial charge in [-0.05, 0) is 197 Å². The van der Waals surface area contributed by atoms with E-state index in [4.69, 9.17) is 0 Å². The molecular formula is C94H72N6. The summed E-state index contributed by atoms with van der Waals surface area (Å²) in [4.78, 5) is 0. The Morgan fingerprint density at radius 2 is 0.460 bits per heavy atom. The first kappa shape index (κ1) is 58.1. The molecule has 0 fully saturated rings. The highest BCUT2D eigenvalue weighted by atomic mass is 15.0. The Hall–Kier alpha value is -12.1. The maximum atomic E-state index is 2.52. The van der Waals surface area contributed by atoms with Crippen LogP contribution in [0.1, 0.15) is 77.0 Å². The third kappa shape index (κ3) is 8.62. The van der Waals surface area contributed by atoms with Gasteiger partial charge in [-0.25, -0.2) is 0 Å². The summed E-state index contributed by atoms with van der Waals surface area (Å²) < 4.78 is 14.9. The molecule has 0 bridgehead atoms. The van der Waals surface area contributed by atoms with Gasteiger partial charge in [0.2, 0.25) is 0 Å². The third-order valence-corrected chi connectivity index (χ3v) is 21.9. The van der Waals surface area contributed by atoms with E-state index in [0.29, 0.717) is 11.8 Å². The molecule has 0 radical (unpaired) electrons. The number of fused-ring (bicyclic) bond motifs is 18. The van der Waals surface area contributed by atoms with Crippen molar-refractivity contribution in [3.05, 3.63) is 314 Å². The van der Waals surface area contributed by atoms with Crippen molar-refractivity contribution < 1.29 is 0 Å². The van der Waals surface area contributed by atoms with E-state index in [1.165, 1.54) is 153 Å². The van der Waals surface area contributed by atoms with Crippen LogP contribution in [0, 0.1) is 0 Å². The predicted octanol–water partition coefficient (Wildman–Crippen LogP) is 25.5. The van der Waals surface area contributed by atoms with E-state index in [1.54, 1.807) is 0 Å². The van der Waals surface area contributed by atoms with Gasteiger partial charge in [-0.15, -0.1) is 0 Å². The number of benzene rings is 14. The van der Waals surface area contributed by atoms with E-state index < -0.39 is 0 Å². The highest BCUT2D eigenvalue weighted by molar-refractivity contribution is 6.17. The number of para-hydroxylation sites is 6. The lowest BCUT2D eigenvalue weighted by Crippen LogP contribution is -2.10. The average Bonchev–Trinajstić information content (AvgIpc) is 1.52. The Labute approximate surface area is 579 Å². The zero-order valence-electron chi connectivity index (χ0n) is 57.1. The van der Waals surface area contributed by atoms with E-state index >= 15 is 0 Å². The Balaban J connectivity index is 0.753. The van der Waals surface area contributed by atoms with Crippen LogP contribution in [0.3, 0.4) is 0 Å².